The van der Waals surface area contributed by atoms with E-state index in [1.54, 1.807) is 6.07 Å². The third kappa shape index (κ3) is 4.18. The molecule has 0 saturated carbocycles. The largest absolute Gasteiger partial charge is 0.481 e. The summed E-state index contributed by atoms with van der Waals surface area (Å²) in [6, 6.07) is 4.39. The number of benzene rings is 1. The predicted molar refractivity (Wildman–Crippen MR) is 71.7 cm³/mol. The lowest BCUT2D eigenvalue weighted by atomic mass is 10.0. The normalized spacial score (nSPS) is 19.8. The maximum atomic E-state index is 13.2. The Morgan fingerprint density at radius 1 is 1.53 bits per heavy atom. The topological polar surface area (TPSA) is 40.5 Å². The van der Waals surface area contributed by atoms with Crippen LogP contribution in [0.3, 0.4) is 0 Å². The Hall–Kier alpha value is -1.13. The van der Waals surface area contributed by atoms with Crippen molar-refractivity contribution in [3.8, 4) is 0 Å². The first-order valence-electron chi connectivity index (χ1n) is 6.42. The molecule has 19 heavy (non-hydrogen) atoms. The van der Waals surface area contributed by atoms with E-state index in [-0.39, 0.29) is 12.2 Å². The van der Waals surface area contributed by atoms with Crippen LogP contribution in [-0.2, 0) is 11.3 Å². The van der Waals surface area contributed by atoms with Gasteiger partial charge in [-0.25, -0.2) is 4.39 Å². The fourth-order valence-electron chi connectivity index (χ4n) is 2.53. The molecule has 1 aromatic carbocycles. The van der Waals surface area contributed by atoms with Crippen LogP contribution in [-0.4, -0.2) is 29.1 Å². The molecule has 0 aliphatic carbocycles. The molecular weight excluding hydrogens is 269 g/mol. The number of nitrogens with zero attached hydrogens (tertiary/aromatic N) is 1. The Labute approximate surface area is 117 Å². The lowest BCUT2D eigenvalue weighted by molar-refractivity contribution is -0.137. The summed E-state index contributed by atoms with van der Waals surface area (Å²) in [5.74, 6) is -0.601. The van der Waals surface area contributed by atoms with Crippen molar-refractivity contribution in [2.24, 2.45) is 5.92 Å². The molecule has 1 N–H and O–H groups in total. The minimum Gasteiger partial charge on any atom is -0.481 e. The van der Waals surface area contributed by atoms with Crippen LogP contribution in [0.25, 0.3) is 0 Å². The highest BCUT2D eigenvalue weighted by Crippen LogP contribution is 2.25. The first-order chi connectivity index (χ1) is 9.04. The molecule has 1 aliphatic heterocycles. The zero-order chi connectivity index (χ0) is 13.8. The summed E-state index contributed by atoms with van der Waals surface area (Å²) >= 11 is 6.04. The lowest BCUT2D eigenvalue weighted by Crippen LogP contribution is -2.20. The van der Waals surface area contributed by atoms with Gasteiger partial charge in [0.2, 0.25) is 0 Å². The average Bonchev–Trinajstić information content (AvgIpc) is 2.79. The Morgan fingerprint density at radius 3 is 3.05 bits per heavy atom. The van der Waals surface area contributed by atoms with Gasteiger partial charge in [-0.15, -0.1) is 0 Å². The van der Waals surface area contributed by atoms with Gasteiger partial charge in [0.25, 0.3) is 0 Å². The van der Waals surface area contributed by atoms with Crippen LogP contribution in [0.2, 0.25) is 5.02 Å². The molecule has 0 bridgehead atoms. The van der Waals surface area contributed by atoms with Gasteiger partial charge in [0.15, 0.2) is 0 Å². The molecule has 2 rings (SSSR count). The second-order valence-corrected chi connectivity index (χ2v) is 5.47. The van der Waals surface area contributed by atoms with Crippen molar-refractivity contribution in [1.82, 2.24) is 4.90 Å². The summed E-state index contributed by atoms with van der Waals surface area (Å²) in [5.41, 5.74) is 0.792. The first-order valence-corrected chi connectivity index (χ1v) is 6.80. The van der Waals surface area contributed by atoms with E-state index >= 15 is 0 Å². The number of rotatable bonds is 5. The van der Waals surface area contributed by atoms with E-state index in [2.05, 4.69) is 4.90 Å². The highest BCUT2D eigenvalue weighted by atomic mass is 35.5. The molecular formula is C14H17ClFNO2. The summed E-state index contributed by atoms with van der Waals surface area (Å²) in [6.45, 7) is 2.40. The lowest BCUT2D eigenvalue weighted by Gasteiger charge is -2.16. The molecule has 5 heteroatoms. The van der Waals surface area contributed by atoms with E-state index in [4.69, 9.17) is 16.7 Å². The fourth-order valence-corrected chi connectivity index (χ4v) is 2.70. The van der Waals surface area contributed by atoms with Crippen LogP contribution in [0.1, 0.15) is 24.8 Å². The smallest absolute Gasteiger partial charge is 0.303 e. The second-order valence-electron chi connectivity index (χ2n) is 5.06. The maximum absolute atomic E-state index is 13.2. The Kier molecular flexibility index (Phi) is 4.77. The highest BCUT2D eigenvalue weighted by molar-refractivity contribution is 6.31. The van der Waals surface area contributed by atoms with Crippen molar-refractivity contribution in [3.05, 3.63) is 34.6 Å². The van der Waals surface area contributed by atoms with Crippen LogP contribution >= 0.6 is 11.6 Å². The fraction of sp³-hybridized carbons (Fsp3) is 0.500. The van der Waals surface area contributed by atoms with Gasteiger partial charge in [0, 0.05) is 24.5 Å². The van der Waals surface area contributed by atoms with Gasteiger partial charge in [-0.05, 0) is 49.1 Å². The third-order valence-corrected chi connectivity index (χ3v) is 3.91. The Balaban J connectivity index is 1.87. The molecule has 104 valence electrons. The van der Waals surface area contributed by atoms with Gasteiger partial charge in [0.1, 0.15) is 5.82 Å². The standard InChI is InChI=1S/C14H17ClFNO2/c15-13-3-2-12(16)7-11(13)9-17-6-5-10(8-17)1-4-14(18)19/h2-3,7,10H,1,4-6,8-9H2,(H,18,19). The zero-order valence-electron chi connectivity index (χ0n) is 10.6. The summed E-state index contributed by atoms with van der Waals surface area (Å²) in [6.07, 6.45) is 1.93. The van der Waals surface area contributed by atoms with Crippen molar-refractivity contribution in [1.29, 1.82) is 0 Å². The van der Waals surface area contributed by atoms with Crippen molar-refractivity contribution in [3.63, 3.8) is 0 Å². The van der Waals surface area contributed by atoms with Crippen LogP contribution < -0.4 is 0 Å². The number of hydrogen-bond donors (Lipinski definition) is 1. The number of carboxylic acids is 1. The molecule has 1 unspecified atom stereocenters. The van der Waals surface area contributed by atoms with Crippen molar-refractivity contribution in [2.45, 2.75) is 25.8 Å². The number of likely N-dealkylation sites (tertiary alicyclic amines) is 1. The number of carbonyl (C=O) groups is 1. The molecule has 1 fully saturated rings. The quantitative estimate of drug-likeness (QED) is 0.903. The summed E-state index contributed by atoms with van der Waals surface area (Å²) < 4.78 is 13.2. The Bertz CT molecular complexity index is 467. The van der Waals surface area contributed by atoms with Crippen LogP contribution in [0.15, 0.2) is 18.2 Å². The number of aliphatic carboxylic acids is 1. The molecule has 1 saturated heterocycles. The minimum atomic E-state index is -0.744. The highest BCUT2D eigenvalue weighted by Gasteiger charge is 2.23. The zero-order valence-corrected chi connectivity index (χ0v) is 11.4. The summed E-state index contributed by atoms with van der Waals surface area (Å²) in [7, 11) is 0. The molecule has 0 aromatic heterocycles. The van der Waals surface area contributed by atoms with Gasteiger partial charge < -0.3 is 5.11 Å². The first kappa shape index (κ1) is 14.3. The van der Waals surface area contributed by atoms with Gasteiger partial charge in [-0.1, -0.05) is 11.6 Å². The average molecular weight is 286 g/mol. The SMILES string of the molecule is O=C(O)CCC1CCN(Cc2cc(F)ccc2Cl)C1. The Morgan fingerprint density at radius 2 is 2.32 bits per heavy atom. The van der Waals surface area contributed by atoms with Crippen LogP contribution in [0.5, 0.6) is 0 Å². The van der Waals surface area contributed by atoms with E-state index in [0.717, 1.165) is 25.1 Å². The van der Waals surface area contributed by atoms with E-state index in [1.807, 2.05) is 0 Å². The molecule has 3 nitrogen and oxygen atoms in total. The number of halogens is 2. The number of hydrogen-bond acceptors (Lipinski definition) is 2. The van der Waals surface area contributed by atoms with Crippen molar-refractivity contribution in [2.75, 3.05) is 13.1 Å². The van der Waals surface area contributed by atoms with Gasteiger partial charge in [0.05, 0.1) is 0 Å². The summed E-state index contributed by atoms with van der Waals surface area (Å²) in [4.78, 5) is 12.7. The maximum Gasteiger partial charge on any atom is 0.303 e. The van der Waals surface area contributed by atoms with Crippen molar-refractivity contribution >= 4 is 17.6 Å². The summed E-state index contributed by atoms with van der Waals surface area (Å²) in [5, 5.41) is 9.25. The number of carboxylic acid groups (broad SMARTS) is 1. The molecule has 1 aliphatic rings. The molecule has 1 heterocycles. The third-order valence-electron chi connectivity index (χ3n) is 3.54. The van der Waals surface area contributed by atoms with E-state index in [1.165, 1.54) is 12.1 Å². The van der Waals surface area contributed by atoms with Crippen LogP contribution in [0, 0.1) is 11.7 Å². The van der Waals surface area contributed by atoms with Gasteiger partial charge in [-0.2, -0.15) is 0 Å². The van der Waals surface area contributed by atoms with Crippen molar-refractivity contribution < 1.29 is 14.3 Å². The second kappa shape index (κ2) is 6.35. The molecule has 0 radical (unpaired) electrons. The van der Waals surface area contributed by atoms with Gasteiger partial charge >= 0.3 is 5.97 Å². The monoisotopic (exact) mass is 285 g/mol. The van der Waals surface area contributed by atoms with E-state index in [0.29, 0.717) is 23.9 Å². The van der Waals surface area contributed by atoms with E-state index < -0.39 is 5.97 Å². The molecule has 0 spiro atoms. The predicted octanol–water partition coefficient (Wildman–Crippen LogP) is 3.17. The van der Waals surface area contributed by atoms with Crippen LogP contribution in [0.4, 0.5) is 4.39 Å². The molecule has 1 atom stereocenters. The van der Waals surface area contributed by atoms with Gasteiger partial charge in [-0.3, -0.25) is 9.69 Å². The molecule has 1 aromatic rings. The minimum absolute atomic E-state index is 0.221. The van der Waals surface area contributed by atoms with E-state index in [9.17, 15) is 9.18 Å². The molecule has 0 amide bonds.